The molecule has 5 heteroatoms. The van der Waals surface area contributed by atoms with Gasteiger partial charge < -0.3 is 4.74 Å². The van der Waals surface area contributed by atoms with Crippen molar-refractivity contribution in [3.8, 4) is 0 Å². The topological polar surface area (TPSA) is 65.1 Å². The summed E-state index contributed by atoms with van der Waals surface area (Å²) in [6.07, 6.45) is 4.73. The van der Waals surface area contributed by atoms with Crippen molar-refractivity contribution in [2.24, 2.45) is 12.9 Å². The van der Waals surface area contributed by atoms with Gasteiger partial charge in [-0.1, -0.05) is 0 Å². The summed E-state index contributed by atoms with van der Waals surface area (Å²) in [5.41, 5.74) is 4.04. The largest absolute Gasteiger partial charge is 0.385 e. The predicted octanol–water partition coefficient (Wildman–Crippen LogP) is 0.221. The van der Waals surface area contributed by atoms with Gasteiger partial charge in [0.2, 0.25) is 0 Å². The second-order valence-electron chi connectivity index (χ2n) is 3.63. The van der Waals surface area contributed by atoms with E-state index in [9.17, 15) is 0 Å². The third-order valence-corrected chi connectivity index (χ3v) is 2.58. The number of hydrogen-bond donors (Lipinski definition) is 2. The first-order valence-corrected chi connectivity index (χ1v) is 5.20. The summed E-state index contributed by atoms with van der Waals surface area (Å²) in [5, 5.41) is 4.12. The van der Waals surface area contributed by atoms with Crippen LogP contribution in [-0.2, 0) is 18.2 Å². The van der Waals surface area contributed by atoms with E-state index in [0.717, 1.165) is 25.9 Å². The van der Waals surface area contributed by atoms with Crippen LogP contribution in [0.1, 0.15) is 18.5 Å². The van der Waals surface area contributed by atoms with Crippen LogP contribution in [0.4, 0.5) is 0 Å². The van der Waals surface area contributed by atoms with Gasteiger partial charge in [-0.3, -0.25) is 16.0 Å². The number of aryl methyl sites for hydroxylation is 2. The molecule has 1 atom stereocenters. The number of methoxy groups -OCH3 is 1. The van der Waals surface area contributed by atoms with Crippen molar-refractivity contribution in [1.82, 2.24) is 15.2 Å². The zero-order valence-corrected chi connectivity index (χ0v) is 9.44. The number of nitrogens with one attached hydrogen (secondary N) is 1. The molecule has 1 unspecified atom stereocenters. The van der Waals surface area contributed by atoms with E-state index < -0.39 is 0 Å². The number of hydrogen-bond acceptors (Lipinski definition) is 4. The van der Waals surface area contributed by atoms with Crippen LogP contribution < -0.4 is 11.3 Å². The van der Waals surface area contributed by atoms with Crippen LogP contribution in [0, 0.1) is 0 Å². The van der Waals surface area contributed by atoms with Crippen molar-refractivity contribution in [1.29, 1.82) is 0 Å². The monoisotopic (exact) mass is 212 g/mol. The molecule has 15 heavy (non-hydrogen) atoms. The maximum Gasteiger partial charge on any atom is 0.0492 e. The summed E-state index contributed by atoms with van der Waals surface area (Å²) >= 11 is 0. The van der Waals surface area contributed by atoms with Crippen LogP contribution in [0.2, 0.25) is 0 Å². The lowest BCUT2D eigenvalue weighted by Gasteiger charge is -2.14. The van der Waals surface area contributed by atoms with Gasteiger partial charge in [0.25, 0.3) is 0 Å². The molecule has 1 aromatic heterocycles. The maximum atomic E-state index is 5.46. The van der Waals surface area contributed by atoms with Gasteiger partial charge in [0.05, 0.1) is 0 Å². The third-order valence-electron chi connectivity index (χ3n) is 2.58. The molecule has 3 N–H and O–H groups in total. The Bertz CT molecular complexity index is 274. The first-order valence-electron chi connectivity index (χ1n) is 5.20. The Morgan fingerprint density at radius 2 is 2.40 bits per heavy atom. The average Bonchev–Trinajstić information content (AvgIpc) is 2.65. The fourth-order valence-electron chi connectivity index (χ4n) is 1.54. The zero-order chi connectivity index (χ0) is 11.1. The summed E-state index contributed by atoms with van der Waals surface area (Å²) in [6.45, 7) is 0.736. The molecule has 0 bridgehead atoms. The summed E-state index contributed by atoms with van der Waals surface area (Å²) in [7, 11) is 3.66. The number of ether oxygens (including phenoxy) is 1. The molecule has 0 aromatic carbocycles. The number of hydrazine groups is 1. The van der Waals surface area contributed by atoms with E-state index in [1.165, 1.54) is 5.69 Å². The van der Waals surface area contributed by atoms with E-state index in [2.05, 4.69) is 10.5 Å². The van der Waals surface area contributed by atoms with Crippen molar-refractivity contribution in [2.45, 2.75) is 25.3 Å². The van der Waals surface area contributed by atoms with Crippen LogP contribution in [0.3, 0.4) is 0 Å². The zero-order valence-electron chi connectivity index (χ0n) is 9.44. The Labute approximate surface area is 90.6 Å². The number of nitrogens with zero attached hydrogens (tertiary/aromatic N) is 2. The summed E-state index contributed by atoms with van der Waals surface area (Å²) in [5.74, 6) is 5.46. The van der Waals surface area contributed by atoms with Gasteiger partial charge in [-0.25, -0.2) is 0 Å². The second-order valence-corrected chi connectivity index (χ2v) is 3.63. The van der Waals surface area contributed by atoms with Gasteiger partial charge in [-0.05, 0) is 25.3 Å². The van der Waals surface area contributed by atoms with E-state index in [-0.39, 0.29) is 0 Å². The molecule has 1 heterocycles. The highest BCUT2D eigenvalue weighted by Gasteiger charge is 2.07. The lowest BCUT2D eigenvalue weighted by atomic mass is 10.1. The minimum Gasteiger partial charge on any atom is -0.385 e. The average molecular weight is 212 g/mol. The Morgan fingerprint density at radius 1 is 1.60 bits per heavy atom. The van der Waals surface area contributed by atoms with Crippen LogP contribution in [0.25, 0.3) is 0 Å². The summed E-state index contributed by atoms with van der Waals surface area (Å²) in [6, 6.07) is 2.34. The van der Waals surface area contributed by atoms with Gasteiger partial charge in [0, 0.05) is 38.7 Å². The highest BCUT2D eigenvalue weighted by molar-refractivity contribution is 5.00. The predicted molar refractivity (Wildman–Crippen MR) is 59.1 cm³/mol. The Morgan fingerprint density at radius 3 is 2.93 bits per heavy atom. The lowest BCUT2D eigenvalue weighted by Crippen LogP contribution is -2.36. The maximum absolute atomic E-state index is 5.46. The minimum absolute atomic E-state index is 0.305. The fraction of sp³-hybridized carbons (Fsp3) is 0.700. The van der Waals surface area contributed by atoms with Gasteiger partial charge in [-0.15, -0.1) is 0 Å². The first kappa shape index (κ1) is 12.2. The Balaban J connectivity index is 2.31. The van der Waals surface area contributed by atoms with E-state index in [0.29, 0.717) is 6.04 Å². The van der Waals surface area contributed by atoms with Gasteiger partial charge in [0.15, 0.2) is 0 Å². The molecule has 0 radical (unpaired) electrons. The molecule has 5 nitrogen and oxygen atoms in total. The Kier molecular flexibility index (Phi) is 5.31. The van der Waals surface area contributed by atoms with Crippen molar-refractivity contribution < 1.29 is 4.74 Å². The van der Waals surface area contributed by atoms with Crippen molar-refractivity contribution >= 4 is 0 Å². The number of nitrogens with two attached hydrogens (primary N) is 1. The number of rotatable bonds is 7. The molecule has 1 aromatic rings. The van der Waals surface area contributed by atoms with Crippen LogP contribution in [-0.4, -0.2) is 29.5 Å². The molecular formula is C10H20N4O. The molecule has 0 amide bonds. The standard InChI is InChI=1S/C10H20N4O/c1-14-10(5-7-12-14)4-3-9(13-11)6-8-15-2/h5,7,9,13H,3-4,6,8,11H2,1-2H3. The second kappa shape index (κ2) is 6.55. The van der Waals surface area contributed by atoms with E-state index >= 15 is 0 Å². The molecule has 0 aliphatic carbocycles. The van der Waals surface area contributed by atoms with Crippen LogP contribution in [0.15, 0.2) is 12.3 Å². The normalized spacial score (nSPS) is 13.0. The summed E-state index contributed by atoms with van der Waals surface area (Å²) < 4.78 is 6.91. The molecule has 0 saturated heterocycles. The molecule has 0 saturated carbocycles. The van der Waals surface area contributed by atoms with Crippen molar-refractivity contribution in [3.63, 3.8) is 0 Å². The molecule has 0 aliphatic heterocycles. The first-order chi connectivity index (χ1) is 7.27. The lowest BCUT2D eigenvalue weighted by molar-refractivity contribution is 0.181. The van der Waals surface area contributed by atoms with Gasteiger partial charge in [0.1, 0.15) is 0 Å². The minimum atomic E-state index is 0.305. The van der Waals surface area contributed by atoms with Crippen LogP contribution in [0.5, 0.6) is 0 Å². The van der Waals surface area contributed by atoms with E-state index in [1.54, 1.807) is 7.11 Å². The number of aromatic nitrogens is 2. The van der Waals surface area contributed by atoms with Crippen molar-refractivity contribution in [3.05, 3.63) is 18.0 Å². The van der Waals surface area contributed by atoms with Gasteiger partial charge in [-0.2, -0.15) is 5.10 Å². The van der Waals surface area contributed by atoms with Crippen molar-refractivity contribution in [2.75, 3.05) is 13.7 Å². The van der Waals surface area contributed by atoms with Crippen LogP contribution >= 0.6 is 0 Å². The summed E-state index contributed by atoms with van der Waals surface area (Å²) in [4.78, 5) is 0. The molecule has 0 aliphatic rings. The SMILES string of the molecule is COCCC(CCc1ccnn1C)NN. The smallest absolute Gasteiger partial charge is 0.0492 e. The molecule has 86 valence electrons. The van der Waals surface area contributed by atoms with E-state index in [4.69, 9.17) is 10.6 Å². The quantitative estimate of drug-likeness (QED) is 0.501. The molecular weight excluding hydrogens is 192 g/mol. The highest BCUT2D eigenvalue weighted by atomic mass is 16.5. The highest BCUT2D eigenvalue weighted by Crippen LogP contribution is 2.05. The Hall–Kier alpha value is -0.910. The third kappa shape index (κ3) is 3.99. The van der Waals surface area contributed by atoms with E-state index in [1.807, 2.05) is 24.0 Å². The van der Waals surface area contributed by atoms with Gasteiger partial charge >= 0.3 is 0 Å². The molecule has 0 spiro atoms. The molecule has 1 rings (SSSR count). The fourth-order valence-corrected chi connectivity index (χ4v) is 1.54. The molecule has 0 fully saturated rings.